The Morgan fingerprint density at radius 1 is 1.41 bits per heavy atom. The number of nitrogens with one attached hydrogen (secondary N) is 1. The SMILES string of the molecule is Cc1cc(Br)cnc1NC1CCOC1C1CC1. The molecule has 0 amide bonds. The lowest BCUT2D eigenvalue weighted by Crippen LogP contribution is -2.31. The molecule has 2 unspecified atom stereocenters. The molecule has 3 nitrogen and oxygen atoms in total. The van der Waals surface area contributed by atoms with E-state index < -0.39 is 0 Å². The molecule has 2 aliphatic rings. The molecule has 1 aromatic rings. The first-order valence-corrected chi connectivity index (χ1v) is 7.03. The number of hydrogen-bond acceptors (Lipinski definition) is 3. The van der Waals surface area contributed by atoms with Gasteiger partial charge in [0.25, 0.3) is 0 Å². The molecule has 2 atom stereocenters. The largest absolute Gasteiger partial charge is 0.376 e. The van der Waals surface area contributed by atoms with Gasteiger partial charge in [0.2, 0.25) is 0 Å². The van der Waals surface area contributed by atoms with Gasteiger partial charge in [-0.3, -0.25) is 0 Å². The summed E-state index contributed by atoms with van der Waals surface area (Å²) in [6, 6.07) is 2.53. The predicted molar refractivity (Wildman–Crippen MR) is 71.2 cm³/mol. The number of aromatic nitrogens is 1. The Hall–Kier alpha value is -0.610. The lowest BCUT2D eigenvalue weighted by molar-refractivity contribution is 0.0898. The van der Waals surface area contributed by atoms with Crippen LogP contribution in [0.25, 0.3) is 0 Å². The van der Waals surface area contributed by atoms with Crippen molar-refractivity contribution in [2.24, 2.45) is 5.92 Å². The smallest absolute Gasteiger partial charge is 0.129 e. The van der Waals surface area contributed by atoms with Gasteiger partial charge in [-0.1, -0.05) is 0 Å². The van der Waals surface area contributed by atoms with Crippen LogP contribution in [0.2, 0.25) is 0 Å². The van der Waals surface area contributed by atoms with E-state index in [0.717, 1.165) is 29.2 Å². The second kappa shape index (κ2) is 4.58. The van der Waals surface area contributed by atoms with Gasteiger partial charge in [-0.15, -0.1) is 0 Å². The molecule has 2 heterocycles. The Morgan fingerprint density at radius 3 is 2.94 bits per heavy atom. The average Bonchev–Trinajstić information content (AvgIpc) is 3.03. The van der Waals surface area contributed by atoms with Crippen molar-refractivity contribution in [3.8, 4) is 0 Å². The zero-order chi connectivity index (χ0) is 11.8. The molecule has 92 valence electrons. The fourth-order valence-corrected chi connectivity index (χ4v) is 2.97. The molecule has 0 spiro atoms. The predicted octanol–water partition coefficient (Wildman–Crippen LogP) is 3.13. The zero-order valence-corrected chi connectivity index (χ0v) is 11.5. The highest BCUT2D eigenvalue weighted by atomic mass is 79.9. The number of aryl methyl sites for hydroxylation is 1. The lowest BCUT2D eigenvalue weighted by Gasteiger charge is -2.21. The van der Waals surface area contributed by atoms with Crippen LogP contribution in [0.5, 0.6) is 0 Å². The Kier molecular flexibility index (Phi) is 3.09. The van der Waals surface area contributed by atoms with Crippen LogP contribution in [0.4, 0.5) is 5.82 Å². The molecule has 0 bridgehead atoms. The van der Waals surface area contributed by atoms with E-state index in [4.69, 9.17) is 4.74 Å². The van der Waals surface area contributed by atoms with Crippen molar-refractivity contribution < 1.29 is 4.74 Å². The molecule has 1 aliphatic carbocycles. The van der Waals surface area contributed by atoms with Crippen LogP contribution < -0.4 is 5.32 Å². The van der Waals surface area contributed by atoms with Crippen molar-refractivity contribution in [2.45, 2.75) is 38.3 Å². The van der Waals surface area contributed by atoms with Crippen molar-refractivity contribution in [1.82, 2.24) is 4.98 Å². The van der Waals surface area contributed by atoms with Gasteiger partial charge in [0.1, 0.15) is 5.82 Å². The zero-order valence-electron chi connectivity index (χ0n) is 9.95. The summed E-state index contributed by atoms with van der Waals surface area (Å²) < 4.78 is 6.86. The highest BCUT2D eigenvalue weighted by Crippen LogP contribution is 2.39. The summed E-state index contributed by atoms with van der Waals surface area (Å²) in [4.78, 5) is 4.44. The summed E-state index contributed by atoms with van der Waals surface area (Å²) in [5, 5.41) is 3.55. The van der Waals surface area contributed by atoms with Crippen LogP contribution in [-0.2, 0) is 4.74 Å². The van der Waals surface area contributed by atoms with E-state index in [-0.39, 0.29) is 0 Å². The van der Waals surface area contributed by atoms with Crippen molar-refractivity contribution in [3.05, 3.63) is 22.3 Å². The van der Waals surface area contributed by atoms with Crippen LogP contribution >= 0.6 is 15.9 Å². The summed E-state index contributed by atoms with van der Waals surface area (Å²) >= 11 is 3.44. The molecule has 17 heavy (non-hydrogen) atoms. The van der Waals surface area contributed by atoms with Gasteiger partial charge in [0, 0.05) is 17.3 Å². The Labute approximate surface area is 110 Å². The molecule has 0 aromatic carbocycles. The van der Waals surface area contributed by atoms with Gasteiger partial charge < -0.3 is 10.1 Å². The van der Waals surface area contributed by atoms with Crippen LogP contribution in [-0.4, -0.2) is 23.7 Å². The van der Waals surface area contributed by atoms with Gasteiger partial charge in [0.15, 0.2) is 0 Å². The minimum atomic E-state index is 0.403. The fourth-order valence-electron chi connectivity index (χ4n) is 2.52. The number of ether oxygens (including phenoxy) is 1. The second-order valence-electron chi connectivity index (χ2n) is 5.03. The molecule has 3 rings (SSSR count). The maximum atomic E-state index is 5.83. The number of pyridine rings is 1. The molecule has 1 saturated heterocycles. The normalized spacial score (nSPS) is 28.4. The third-order valence-electron chi connectivity index (χ3n) is 3.59. The Balaban J connectivity index is 1.72. The maximum absolute atomic E-state index is 5.83. The van der Waals surface area contributed by atoms with E-state index in [1.54, 1.807) is 0 Å². The summed E-state index contributed by atoms with van der Waals surface area (Å²) in [5.41, 5.74) is 1.18. The topological polar surface area (TPSA) is 34.2 Å². The first kappa shape index (κ1) is 11.5. The third kappa shape index (κ3) is 2.47. The van der Waals surface area contributed by atoms with Gasteiger partial charge in [-0.05, 0) is 59.7 Å². The lowest BCUT2D eigenvalue weighted by atomic mass is 10.1. The summed E-state index contributed by atoms with van der Waals surface area (Å²) in [6.07, 6.45) is 6.00. The molecule has 1 N–H and O–H groups in total. The quantitative estimate of drug-likeness (QED) is 0.930. The van der Waals surface area contributed by atoms with E-state index in [1.807, 2.05) is 6.20 Å². The molecule has 0 radical (unpaired) electrons. The summed E-state index contributed by atoms with van der Waals surface area (Å²) in [6.45, 7) is 2.97. The highest BCUT2D eigenvalue weighted by Gasteiger charge is 2.40. The summed E-state index contributed by atoms with van der Waals surface area (Å²) in [7, 11) is 0. The van der Waals surface area contributed by atoms with Crippen molar-refractivity contribution in [3.63, 3.8) is 0 Å². The second-order valence-corrected chi connectivity index (χ2v) is 5.95. The molecular formula is C13H17BrN2O. The third-order valence-corrected chi connectivity index (χ3v) is 4.02. The van der Waals surface area contributed by atoms with Crippen LogP contribution in [0, 0.1) is 12.8 Å². The monoisotopic (exact) mass is 296 g/mol. The van der Waals surface area contributed by atoms with Crippen LogP contribution in [0.3, 0.4) is 0 Å². The molecule has 1 aromatic heterocycles. The molecule has 1 saturated carbocycles. The van der Waals surface area contributed by atoms with Gasteiger partial charge in [-0.2, -0.15) is 0 Å². The fraction of sp³-hybridized carbons (Fsp3) is 0.615. The van der Waals surface area contributed by atoms with Gasteiger partial charge >= 0.3 is 0 Å². The minimum Gasteiger partial charge on any atom is -0.376 e. The first-order valence-electron chi connectivity index (χ1n) is 6.24. The van der Waals surface area contributed by atoms with Gasteiger partial charge in [0.05, 0.1) is 12.1 Å². The standard InChI is InChI=1S/C13H17BrN2O/c1-8-6-10(14)7-15-13(8)16-11-4-5-17-12(11)9-2-3-9/h6-7,9,11-12H,2-5H2,1H3,(H,15,16). The molecule has 1 aliphatic heterocycles. The van der Waals surface area contributed by atoms with Gasteiger partial charge in [-0.25, -0.2) is 4.98 Å². The average molecular weight is 297 g/mol. The number of nitrogens with zero attached hydrogens (tertiary/aromatic N) is 1. The van der Waals surface area contributed by atoms with E-state index in [0.29, 0.717) is 12.1 Å². The molecule has 2 fully saturated rings. The maximum Gasteiger partial charge on any atom is 0.129 e. The number of anilines is 1. The molecule has 4 heteroatoms. The highest BCUT2D eigenvalue weighted by molar-refractivity contribution is 9.10. The number of rotatable bonds is 3. The van der Waals surface area contributed by atoms with Crippen molar-refractivity contribution in [1.29, 1.82) is 0 Å². The van der Waals surface area contributed by atoms with E-state index in [2.05, 4.69) is 39.2 Å². The Morgan fingerprint density at radius 2 is 2.24 bits per heavy atom. The van der Waals surface area contributed by atoms with E-state index in [9.17, 15) is 0 Å². The molecular weight excluding hydrogens is 280 g/mol. The van der Waals surface area contributed by atoms with Crippen LogP contribution in [0.1, 0.15) is 24.8 Å². The summed E-state index contributed by atoms with van der Waals surface area (Å²) in [5.74, 6) is 1.78. The van der Waals surface area contributed by atoms with Crippen LogP contribution in [0.15, 0.2) is 16.7 Å². The Bertz CT molecular complexity index is 420. The van der Waals surface area contributed by atoms with Crippen molar-refractivity contribution >= 4 is 21.7 Å². The van der Waals surface area contributed by atoms with E-state index in [1.165, 1.54) is 18.4 Å². The number of halogens is 1. The van der Waals surface area contributed by atoms with E-state index >= 15 is 0 Å². The minimum absolute atomic E-state index is 0.403. The number of hydrogen-bond donors (Lipinski definition) is 1. The van der Waals surface area contributed by atoms with Crippen molar-refractivity contribution in [2.75, 3.05) is 11.9 Å². The first-order chi connectivity index (χ1) is 8.24.